The van der Waals surface area contributed by atoms with E-state index in [-0.39, 0.29) is 24.5 Å². The maximum atomic E-state index is 11.5. The summed E-state index contributed by atoms with van der Waals surface area (Å²) in [4.78, 5) is 25.3. The first kappa shape index (κ1) is 17.8. The summed E-state index contributed by atoms with van der Waals surface area (Å²) >= 11 is 0. The Morgan fingerprint density at radius 2 is 1.86 bits per heavy atom. The molecule has 1 fully saturated rings. The zero-order chi connectivity index (χ0) is 15.7. The van der Waals surface area contributed by atoms with E-state index in [2.05, 4.69) is 27.8 Å². The number of carbonyl (C=O) groups is 2. The van der Waals surface area contributed by atoms with Gasteiger partial charge < -0.3 is 20.9 Å². The fraction of sp³-hybridized carbons (Fsp3) is 0.867. The minimum Gasteiger partial charge on any atom is -0.352 e. The second-order valence-corrected chi connectivity index (χ2v) is 6.21. The fourth-order valence-electron chi connectivity index (χ4n) is 2.39. The molecule has 0 aromatic carbocycles. The van der Waals surface area contributed by atoms with Gasteiger partial charge in [0.25, 0.3) is 0 Å². The Morgan fingerprint density at radius 1 is 1.19 bits per heavy atom. The number of carbonyl (C=O) groups excluding carboxylic acids is 2. The molecule has 0 aromatic rings. The summed E-state index contributed by atoms with van der Waals surface area (Å²) in [5, 5.41) is 8.06. The molecule has 3 N–H and O–H groups in total. The molecule has 122 valence electrons. The Labute approximate surface area is 128 Å². The molecular weight excluding hydrogens is 268 g/mol. The summed E-state index contributed by atoms with van der Waals surface area (Å²) in [6.07, 6.45) is 3.50. The second kappa shape index (κ2) is 9.60. The van der Waals surface area contributed by atoms with Gasteiger partial charge in [0.05, 0.1) is 6.54 Å². The lowest BCUT2D eigenvalue weighted by Gasteiger charge is -2.30. The minimum atomic E-state index is -0.277. The van der Waals surface area contributed by atoms with Gasteiger partial charge in [0.2, 0.25) is 5.91 Å². The molecule has 0 radical (unpaired) electrons. The van der Waals surface area contributed by atoms with Gasteiger partial charge in [-0.1, -0.05) is 6.92 Å². The molecule has 1 aliphatic heterocycles. The number of rotatable bonds is 7. The van der Waals surface area contributed by atoms with Crippen molar-refractivity contribution in [1.82, 2.24) is 20.9 Å². The van der Waals surface area contributed by atoms with E-state index in [4.69, 9.17) is 0 Å². The molecule has 0 aromatic heterocycles. The van der Waals surface area contributed by atoms with Crippen LogP contribution in [-0.4, -0.2) is 55.6 Å². The number of hydrogen-bond acceptors (Lipinski definition) is 3. The van der Waals surface area contributed by atoms with E-state index >= 15 is 0 Å². The number of amides is 3. The Hall–Kier alpha value is -1.30. The molecule has 0 unspecified atom stereocenters. The van der Waals surface area contributed by atoms with Gasteiger partial charge in [-0.05, 0) is 58.7 Å². The van der Waals surface area contributed by atoms with Crippen molar-refractivity contribution in [3.05, 3.63) is 0 Å². The number of urea groups is 1. The van der Waals surface area contributed by atoms with Crippen molar-refractivity contribution < 1.29 is 9.59 Å². The van der Waals surface area contributed by atoms with Crippen molar-refractivity contribution in [1.29, 1.82) is 0 Å². The van der Waals surface area contributed by atoms with E-state index in [1.54, 1.807) is 0 Å². The van der Waals surface area contributed by atoms with Crippen molar-refractivity contribution in [3.8, 4) is 0 Å². The van der Waals surface area contributed by atoms with Crippen molar-refractivity contribution in [2.75, 3.05) is 32.7 Å². The number of nitrogens with one attached hydrogen (secondary N) is 3. The van der Waals surface area contributed by atoms with Gasteiger partial charge in [-0.25, -0.2) is 4.79 Å². The maximum absolute atomic E-state index is 11.5. The first-order valence-electron chi connectivity index (χ1n) is 8.00. The molecular formula is C15H30N4O2. The normalized spacial score (nSPS) is 16.8. The third kappa shape index (κ3) is 8.55. The smallest absolute Gasteiger partial charge is 0.315 e. The largest absolute Gasteiger partial charge is 0.352 e. The molecule has 1 aliphatic rings. The van der Waals surface area contributed by atoms with Gasteiger partial charge in [-0.3, -0.25) is 4.79 Å². The number of hydrogen-bond donors (Lipinski definition) is 3. The van der Waals surface area contributed by atoms with Crippen LogP contribution in [0.4, 0.5) is 4.79 Å². The third-order valence-electron chi connectivity index (χ3n) is 3.67. The van der Waals surface area contributed by atoms with Gasteiger partial charge in [-0.2, -0.15) is 0 Å². The lowest BCUT2D eigenvalue weighted by Crippen LogP contribution is -2.44. The average Bonchev–Trinajstić information content (AvgIpc) is 2.42. The van der Waals surface area contributed by atoms with Crippen molar-refractivity contribution in [3.63, 3.8) is 0 Å². The van der Waals surface area contributed by atoms with Crippen LogP contribution in [0.1, 0.15) is 40.0 Å². The van der Waals surface area contributed by atoms with Crippen LogP contribution in [0.5, 0.6) is 0 Å². The fourth-order valence-corrected chi connectivity index (χ4v) is 2.39. The van der Waals surface area contributed by atoms with E-state index in [0.717, 1.165) is 18.9 Å². The highest BCUT2D eigenvalue weighted by atomic mass is 16.2. The SMILES string of the molecule is CC1CCN(CCCNC(=O)NCC(=O)NC(C)C)CC1. The molecule has 6 nitrogen and oxygen atoms in total. The Morgan fingerprint density at radius 3 is 2.48 bits per heavy atom. The predicted molar refractivity (Wildman–Crippen MR) is 84.1 cm³/mol. The molecule has 1 rings (SSSR count). The molecule has 1 saturated heterocycles. The topological polar surface area (TPSA) is 73.5 Å². The first-order chi connectivity index (χ1) is 9.97. The van der Waals surface area contributed by atoms with Gasteiger partial charge in [0.15, 0.2) is 0 Å². The van der Waals surface area contributed by atoms with E-state index in [1.165, 1.54) is 25.9 Å². The number of piperidine rings is 1. The Kier molecular flexibility index (Phi) is 8.12. The zero-order valence-electron chi connectivity index (χ0n) is 13.6. The molecule has 0 aliphatic carbocycles. The monoisotopic (exact) mass is 298 g/mol. The predicted octanol–water partition coefficient (Wildman–Crippen LogP) is 0.932. The summed E-state index contributed by atoms with van der Waals surface area (Å²) in [6.45, 7) is 10.1. The van der Waals surface area contributed by atoms with Crippen LogP contribution in [0.15, 0.2) is 0 Å². The molecule has 3 amide bonds. The number of likely N-dealkylation sites (tertiary alicyclic amines) is 1. The summed E-state index contributed by atoms with van der Waals surface area (Å²) in [5.41, 5.74) is 0. The van der Waals surface area contributed by atoms with Crippen LogP contribution in [0.25, 0.3) is 0 Å². The van der Waals surface area contributed by atoms with E-state index in [1.807, 2.05) is 13.8 Å². The lowest BCUT2D eigenvalue weighted by atomic mass is 9.99. The molecule has 1 heterocycles. The molecule has 0 spiro atoms. The molecule has 0 saturated carbocycles. The highest BCUT2D eigenvalue weighted by molar-refractivity contribution is 5.83. The van der Waals surface area contributed by atoms with Crippen LogP contribution in [0, 0.1) is 5.92 Å². The van der Waals surface area contributed by atoms with Crippen molar-refractivity contribution >= 4 is 11.9 Å². The van der Waals surface area contributed by atoms with Crippen LogP contribution >= 0.6 is 0 Å². The lowest BCUT2D eigenvalue weighted by molar-refractivity contribution is -0.120. The molecule has 6 heteroatoms. The first-order valence-corrected chi connectivity index (χ1v) is 8.00. The summed E-state index contributed by atoms with van der Waals surface area (Å²) in [5.74, 6) is 0.685. The molecule has 0 bridgehead atoms. The Bertz CT molecular complexity index is 326. The van der Waals surface area contributed by atoms with Crippen molar-refractivity contribution in [2.45, 2.75) is 46.1 Å². The van der Waals surface area contributed by atoms with E-state index in [9.17, 15) is 9.59 Å². The molecule has 0 atom stereocenters. The average molecular weight is 298 g/mol. The second-order valence-electron chi connectivity index (χ2n) is 6.21. The van der Waals surface area contributed by atoms with E-state index in [0.29, 0.717) is 6.54 Å². The van der Waals surface area contributed by atoms with Crippen LogP contribution in [-0.2, 0) is 4.79 Å². The summed E-state index contributed by atoms with van der Waals surface area (Å²) in [6, 6.07) is -0.184. The highest BCUT2D eigenvalue weighted by Crippen LogP contribution is 2.15. The Balaban J connectivity index is 1.99. The van der Waals surface area contributed by atoms with Gasteiger partial charge in [0.1, 0.15) is 0 Å². The van der Waals surface area contributed by atoms with Crippen LogP contribution < -0.4 is 16.0 Å². The van der Waals surface area contributed by atoms with Crippen LogP contribution in [0.3, 0.4) is 0 Å². The standard InChI is InChI=1S/C15H30N4O2/c1-12(2)18-14(20)11-17-15(21)16-7-4-8-19-9-5-13(3)6-10-19/h12-13H,4-11H2,1-3H3,(H,18,20)(H2,16,17,21). The van der Waals surface area contributed by atoms with Crippen molar-refractivity contribution in [2.24, 2.45) is 5.92 Å². The van der Waals surface area contributed by atoms with E-state index < -0.39 is 0 Å². The van der Waals surface area contributed by atoms with Gasteiger partial charge >= 0.3 is 6.03 Å². The third-order valence-corrected chi connectivity index (χ3v) is 3.67. The molecule has 21 heavy (non-hydrogen) atoms. The minimum absolute atomic E-state index is 0.0219. The maximum Gasteiger partial charge on any atom is 0.315 e. The zero-order valence-corrected chi connectivity index (χ0v) is 13.6. The number of nitrogens with zero attached hydrogens (tertiary/aromatic N) is 1. The van der Waals surface area contributed by atoms with Gasteiger partial charge in [0, 0.05) is 12.6 Å². The quantitative estimate of drug-likeness (QED) is 0.612. The summed E-state index contributed by atoms with van der Waals surface area (Å²) in [7, 11) is 0. The summed E-state index contributed by atoms with van der Waals surface area (Å²) < 4.78 is 0. The highest BCUT2D eigenvalue weighted by Gasteiger charge is 2.14. The van der Waals surface area contributed by atoms with Crippen LogP contribution in [0.2, 0.25) is 0 Å². The van der Waals surface area contributed by atoms with Gasteiger partial charge in [-0.15, -0.1) is 0 Å².